The molecule has 0 amide bonds. The van der Waals surface area contributed by atoms with Gasteiger partial charge in [-0.15, -0.1) is 0 Å². The van der Waals surface area contributed by atoms with Crippen LogP contribution in [0.25, 0.3) is 0 Å². The molecule has 0 saturated carbocycles. The molecule has 8 nitrogen and oxygen atoms in total. The fraction of sp³-hybridized carbons (Fsp3) is 1.00. The summed E-state index contributed by atoms with van der Waals surface area (Å²) >= 11 is 0. The van der Waals surface area contributed by atoms with Crippen molar-refractivity contribution in [3.05, 3.63) is 0 Å². The van der Waals surface area contributed by atoms with Crippen LogP contribution in [0.2, 0.25) is 0 Å². The third kappa shape index (κ3) is 4.72. The molecule has 1 fully saturated rings. The summed E-state index contributed by atoms with van der Waals surface area (Å²) in [6.07, 6.45) is 0.591. The number of hydrogen-bond acceptors (Lipinski definition) is 7. The molecule has 1 aliphatic heterocycles. The van der Waals surface area contributed by atoms with Gasteiger partial charge in [-0.3, -0.25) is 4.52 Å². The molecular weight excluding hydrogens is 250 g/mol. The quantitative estimate of drug-likeness (QED) is 0.607. The van der Waals surface area contributed by atoms with Crippen molar-refractivity contribution in [1.29, 1.82) is 0 Å². The lowest BCUT2D eigenvalue weighted by atomic mass is 10.2. The molecule has 2 atom stereocenters. The van der Waals surface area contributed by atoms with Crippen LogP contribution in [0.1, 0.15) is 20.3 Å². The van der Waals surface area contributed by atoms with Crippen molar-refractivity contribution in [3.63, 3.8) is 0 Å². The van der Waals surface area contributed by atoms with Crippen molar-refractivity contribution < 1.29 is 37.2 Å². The monoisotopic (exact) mass is 262 g/mol. The first-order chi connectivity index (χ1) is 6.83. The van der Waals surface area contributed by atoms with Crippen LogP contribution in [0.15, 0.2) is 0 Å². The normalized spacial score (nSPS) is 37.1. The lowest BCUT2D eigenvalue weighted by Crippen LogP contribution is -2.08. The summed E-state index contributed by atoms with van der Waals surface area (Å²) in [5, 5.41) is 3.73. The van der Waals surface area contributed by atoms with Crippen LogP contribution in [-0.4, -0.2) is 11.5 Å². The van der Waals surface area contributed by atoms with Crippen molar-refractivity contribution >= 4 is 15.6 Å². The molecular formula is C5H12O8P2. The second-order valence-electron chi connectivity index (χ2n) is 3.23. The van der Waals surface area contributed by atoms with E-state index in [4.69, 9.17) is 9.42 Å². The molecule has 2 unspecified atom stereocenters. The van der Waals surface area contributed by atoms with E-state index in [0.29, 0.717) is 12.3 Å². The fourth-order valence-corrected chi connectivity index (χ4v) is 2.74. The third-order valence-electron chi connectivity index (χ3n) is 1.39. The standard InChI is InChI=1S/C5H12O8P2/c1-5(2)3-4-9-15(8)12-10-11-14(6,7)13-15/h5H,3-4H2,1-2H3,(H,6,7). The Kier molecular flexibility index (Phi) is 4.46. The van der Waals surface area contributed by atoms with E-state index < -0.39 is 15.6 Å². The zero-order chi connectivity index (χ0) is 11.5. The molecule has 1 saturated heterocycles. The Morgan fingerprint density at radius 1 is 1.33 bits per heavy atom. The molecule has 0 radical (unpaired) electrons. The molecule has 15 heavy (non-hydrogen) atoms. The van der Waals surface area contributed by atoms with Gasteiger partial charge in [0.05, 0.1) is 6.61 Å². The third-order valence-corrected chi connectivity index (χ3v) is 4.01. The molecule has 0 aromatic heterocycles. The van der Waals surface area contributed by atoms with E-state index in [2.05, 4.69) is 18.7 Å². The summed E-state index contributed by atoms with van der Waals surface area (Å²) in [6, 6.07) is 0. The molecule has 0 aliphatic carbocycles. The minimum absolute atomic E-state index is 0.0539. The predicted octanol–water partition coefficient (Wildman–Crippen LogP) is 2.17. The second-order valence-corrected chi connectivity index (χ2v) is 6.27. The zero-order valence-electron chi connectivity index (χ0n) is 8.19. The van der Waals surface area contributed by atoms with Gasteiger partial charge in [0.15, 0.2) is 0 Å². The van der Waals surface area contributed by atoms with Crippen molar-refractivity contribution in [1.82, 2.24) is 0 Å². The number of rotatable bonds is 4. The van der Waals surface area contributed by atoms with Gasteiger partial charge in [-0.05, 0) is 17.4 Å². The van der Waals surface area contributed by atoms with Crippen LogP contribution in [0.4, 0.5) is 0 Å². The summed E-state index contributed by atoms with van der Waals surface area (Å²) in [6.45, 7) is 3.91. The maximum absolute atomic E-state index is 11.4. The highest BCUT2D eigenvalue weighted by Crippen LogP contribution is 2.67. The maximum Gasteiger partial charge on any atom is 0.513 e. The first-order valence-corrected chi connectivity index (χ1v) is 7.12. The summed E-state index contributed by atoms with van der Waals surface area (Å²) in [5.74, 6) is 0.319. The zero-order valence-corrected chi connectivity index (χ0v) is 9.98. The molecule has 90 valence electrons. The SMILES string of the molecule is CC(C)CCOP1(=O)OOOP(=O)(O)O1. The van der Waals surface area contributed by atoms with Gasteiger partial charge >= 0.3 is 15.6 Å². The van der Waals surface area contributed by atoms with Gasteiger partial charge < -0.3 is 4.89 Å². The van der Waals surface area contributed by atoms with E-state index in [0.717, 1.165) is 0 Å². The van der Waals surface area contributed by atoms with Crippen LogP contribution >= 0.6 is 15.6 Å². The highest BCUT2D eigenvalue weighted by atomic mass is 31.3. The van der Waals surface area contributed by atoms with E-state index in [1.165, 1.54) is 0 Å². The van der Waals surface area contributed by atoms with Crippen LogP contribution in [-0.2, 0) is 32.4 Å². The molecule has 1 heterocycles. The minimum atomic E-state index is -4.51. The van der Waals surface area contributed by atoms with Crippen LogP contribution in [0.5, 0.6) is 0 Å². The number of hydrogen-bond donors (Lipinski definition) is 1. The molecule has 1 N–H and O–H groups in total. The summed E-state index contributed by atoms with van der Waals surface area (Å²) < 4.78 is 38.8. The Morgan fingerprint density at radius 2 is 2.00 bits per heavy atom. The van der Waals surface area contributed by atoms with Gasteiger partial charge in [-0.2, -0.15) is 4.31 Å². The van der Waals surface area contributed by atoms with Crippen molar-refractivity contribution in [3.8, 4) is 0 Å². The molecule has 0 aromatic carbocycles. The Labute approximate surface area is 86.5 Å². The van der Waals surface area contributed by atoms with Crippen LogP contribution in [0.3, 0.4) is 0 Å². The van der Waals surface area contributed by atoms with Crippen molar-refractivity contribution in [2.24, 2.45) is 5.92 Å². The van der Waals surface area contributed by atoms with Crippen LogP contribution in [0, 0.1) is 5.92 Å². The Bertz CT molecular complexity index is 301. The van der Waals surface area contributed by atoms with Gasteiger partial charge in [-0.25, -0.2) is 9.13 Å². The van der Waals surface area contributed by atoms with Gasteiger partial charge in [0.2, 0.25) is 0 Å². The fourth-order valence-electron chi connectivity index (χ4n) is 0.688. The number of phosphoric acid groups is 2. The second kappa shape index (κ2) is 5.03. The van der Waals surface area contributed by atoms with Gasteiger partial charge in [0.1, 0.15) is 0 Å². The van der Waals surface area contributed by atoms with Crippen molar-refractivity contribution in [2.75, 3.05) is 6.61 Å². The Balaban J connectivity index is 2.45. The molecule has 0 spiro atoms. The maximum atomic E-state index is 11.4. The Hall–Kier alpha value is 0.220. The molecule has 1 rings (SSSR count). The highest BCUT2D eigenvalue weighted by Gasteiger charge is 2.45. The van der Waals surface area contributed by atoms with E-state index in [-0.39, 0.29) is 6.61 Å². The highest BCUT2D eigenvalue weighted by molar-refractivity contribution is 7.61. The largest absolute Gasteiger partial charge is 0.513 e. The molecule has 0 aromatic rings. The van der Waals surface area contributed by atoms with Gasteiger partial charge in [0, 0.05) is 0 Å². The lowest BCUT2D eigenvalue weighted by molar-refractivity contribution is -0.437. The molecule has 0 bridgehead atoms. The summed E-state index contributed by atoms with van der Waals surface area (Å²) in [7, 11) is -8.66. The molecule has 1 aliphatic rings. The van der Waals surface area contributed by atoms with Crippen molar-refractivity contribution in [2.45, 2.75) is 20.3 Å². The molecule has 10 heteroatoms. The smallest absolute Gasteiger partial charge is 0.301 e. The topological polar surface area (TPSA) is 101 Å². The van der Waals surface area contributed by atoms with E-state index in [1.54, 1.807) is 0 Å². The average Bonchev–Trinajstić information content (AvgIpc) is 1.99. The van der Waals surface area contributed by atoms with E-state index in [1.807, 2.05) is 13.8 Å². The average molecular weight is 262 g/mol. The summed E-state index contributed by atoms with van der Waals surface area (Å²) in [4.78, 5) is 8.77. The summed E-state index contributed by atoms with van der Waals surface area (Å²) in [5.41, 5.74) is 0. The van der Waals surface area contributed by atoms with Gasteiger partial charge in [-0.1, -0.05) is 23.2 Å². The van der Waals surface area contributed by atoms with Gasteiger partial charge in [0.25, 0.3) is 0 Å². The van der Waals surface area contributed by atoms with E-state index in [9.17, 15) is 9.13 Å². The predicted molar refractivity (Wildman–Crippen MR) is 47.2 cm³/mol. The Morgan fingerprint density at radius 3 is 2.53 bits per heavy atom. The van der Waals surface area contributed by atoms with Crippen LogP contribution < -0.4 is 0 Å². The van der Waals surface area contributed by atoms with E-state index >= 15 is 0 Å². The lowest BCUT2D eigenvalue weighted by Gasteiger charge is -2.21. The first kappa shape index (κ1) is 13.3. The minimum Gasteiger partial charge on any atom is -0.301 e. The first-order valence-electron chi connectivity index (χ1n) is 4.16.